The monoisotopic (exact) mass is 354 g/mol. The van der Waals surface area contributed by atoms with E-state index in [1.807, 2.05) is 24.3 Å². The molecule has 1 aromatic rings. The van der Waals surface area contributed by atoms with Crippen molar-refractivity contribution in [3.63, 3.8) is 0 Å². The number of morpholine rings is 1. The maximum atomic E-state index is 12.2. The number of hydrogen-bond donors (Lipinski definition) is 1. The van der Waals surface area contributed by atoms with Gasteiger partial charge in [0.2, 0.25) is 0 Å². The first kappa shape index (κ1) is 16.5. The van der Waals surface area contributed by atoms with Gasteiger partial charge in [0.25, 0.3) is 5.91 Å². The van der Waals surface area contributed by atoms with Crippen molar-refractivity contribution in [1.29, 1.82) is 0 Å². The lowest BCUT2D eigenvalue weighted by Crippen LogP contribution is -2.55. The molecule has 116 valence electrons. The van der Waals surface area contributed by atoms with Crippen molar-refractivity contribution in [1.82, 2.24) is 10.2 Å². The molecule has 1 aliphatic rings. The van der Waals surface area contributed by atoms with Crippen LogP contribution in [0.2, 0.25) is 0 Å². The zero-order chi connectivity index (χ0) is 15.3. The lowest BCUT2D eigenvalue weighted by Gasteiger charge is -2.40. The van der Waals surface area contributed by atoms with E-state index in [9.17, 15) is 4.79 Å². The molecule has 0 aromatic heterocycles. The molecular formula is C16H23BrN2O2. The lowest BCUT2D eigenvalue weighted by molar-refractivity contribution is -0.00923. The summed E-state index contributed by atoms with van der Waals surface area (Å²) in [5.74, 6) is -0.0162. The fraction of sp³-hybridized carbons (Fsp3) is 0.562. The predicted octanol–water partition coefficient (Wildman–Crippen LogP) is 2.42. The third kappa shape index (κ3) is 4.53. The normalized spacial score (nSPS) is 16.7. The fourth-order valence-corrected chi connectivity index (χ4v) is 2.80. The first-order valence-electron chi connectivity index (χ1n) is 7.29. The topological polar surface area (TPSA) is 41.6 Å². The van der Waals surface area contributed by atoms with Crippen LogP contribution in [0.1, 0.15) is 29.8 Å². The summed E-state index contributed by atoms with van der Waals surface area (Å²) in [6, 6.07) is 7.68. The number of halogens is 1. The highest BCUT2D eigenvalue weighted by Gasteiger charge is 2.28. The van der Waals surface area contributed by atoms with Crippen molar-refractivity contribution >= 4 is 21.8 Å². The average Bonchev–Trinajstić information content (AvgIpc) is 2.53. The molecule has 1 saturated heterocycles. The maximum absolute atomic E-state index is 12.2. The molecule has 1 aromatic carbocycles. The number of hydrogen-bond acceptors (Lipinski definition) is 3. The van der Waals surface area contributed by atoms with Gasteiger partial charge in [-0.3, -0.25) is 9.69 Å². The van der Waals surface area contributed by atoms with Crippen LogP contribution in [0.5, 0.6) is 0 Å². The molecule has 0 bridgehead atoms. The maximum Gasteiger partial charge on any atom is 0.251 e. The molecule has 0 atom stereocenters. The minimum atomic E-state index is -0.0603. The Bertz CT molecular complexity index is 468. The molecule has 0 aliphatic carbocycles. The molecule has 4 nitrogen and oxygen atoms in total. The Labute approximate surface area is 135 Å². The van der Waals surface area contributed by atoms with Crippen molar-refractivity contribution in [3.05, 3.63) is 35.4 Å². The number of nitrogens with zero attached hydrogens (tertiary/aromatic N) is 1. The van der Waals surface area contributed by atoms with Crippen LogP contribution >= 0.6 is 15.9 Å². The molecule has 0 unspecified atom stereocenters. The fourth-order valence-electron chi connectivity index (χ4n) is 2.42. The van der Waals surface area contributed by atoms with Crippen molar-refractivity contribution in [2.75, 3.05) is 32.8 Å². The number of amides is 1. The standard InChI is InChI=1S/C16H23BrN2O2/c1-16(2,19-7-9-21-10-8-19)12-18-15(20)14-5-3-13(11-17)4-6-14/h3-6H,7-12H2,1-2H3,(H,18,20). The molecule has 1 amide bonds. The van der Waals surface area contributed by atoms with E-state index in [0.717, 1.165) is 31.6 Å². The summed E-state index contributed by atoms with van der Waals surface area (Å²) in [5.41, 5.74) is 1.81. The predicted molar refractivity (Wildman–Crippen MR) is 87.9 cm³/mol. The van der Waals surface area contributed by atoms with Crippen LogP contribution in [0.15, 0.2) is 24.3 Å². The Kier molecular flexibility index (Phi) is 5.79. The second kappa shape index (κ2) is 7.38. The summed E-state index contributed by atoms with van der Waals surface area (Å²) >= 11 is 3.40. The van der Waals surface area contributed by atoms with E-state index < -0.39 is 0 Å². The quantitative estimate of drug-likeness (QED) is 0.825. The van der Waals surface area contributed by atoms with Gasteiger partial charge in [-0.15, -0.1) is 0 Å². The number of carbonyl (C=O) groups is 1. The van der Waals surface area contributed by atoms with Gasteiger partial charge in [-0.25, -0.2) is 0 Å². The molecule has 1 aliphatic heterocycles. The van der Waals surface area contributed by atoms with Gasteiger partial charge in [-0.05, 0) is 31.5 Å². The Balaban J connectivity index is 1.89. The lowest BCUT2D eigenvalue weighted by atomic mass is 10.0. The number of carbonyl (C=O) groups excluding carboxylic acids is 1. The Morgan fingerprint density at radius 3 is 2.48 bits per heavy atom. The molecule has 1 fully saturated rings. The number of nitrogens with one attached hydrogen (secondary N) is 1. The second-order valence-corrected chi connectivity index (χ2v) is 6.49. The van der Waals surface area contributed by atoms with Crippen LogP contribution in [0.4, 0.5) is 0 Å². The molecular weight excluding hydrogens is 332 g/mol. The van der Waals surface area contributed by atoms with Crippen molar-refractivity contribution < 1.29 is 9.53 Å². The van der Waals surface area contributed by atoms with Crippen LogP contribution in [0.3, 0.4) is 0 Å². The molecule has 0 saturated carbocycles. The summed E-state index contributed by atoms with van der Waals surface area (Å²) in [4.78, 5) is 14.6. The van der Waals surface area contributed by atoms with E-state index >= 15 is 0 Å². The molecule has 0 spiro atoms. The van der Waals surface area contributed by atoms with Gasteiger partial charge in [-0.2, -0.15) is 0 Å². The Morgan fingerprint density at radius 2 is 1.90 bits per heavy atom. The van der Waals surface area contributed by atoms with E-state index in [-0.39, 0.29) is 11.4 Å². The highest BCUT2D eigenvalue weighted by Crippen LogP contribution is 2.15. The van der Waals surface area contributed by atoms with Crippen LogP contribution < -0.4 is 5.32 Å². The average molecular weight is 355 g/mol. The SMILES string of the molecule is CC(C)(CNC(=O)c1ccc(CBr)cc1)N1CCOCC1. The van der Waals surface area contributed by atoms with Gasteiger partial charge in [0.1, 0.15) is 0 Å². The van der Waals surface area contributed by atoms with Gasteiger partial charge < -0.3 is 10.1 Å². The third-order valence-corrected chi connectivity index (χ3v) is 4.57. The summed E-state index contributed by atoms with van der Waals surface area (Å²) in [7, 11) is 0. The number of ether oxygens (including phenoxy) is 1. The number of benzene rings is 1. The molecule has 0 radical (unpaired) electrons. The minimum absolute atomic E-state index is 0.0162. The van der Waals surface area contributed by atoms with E-state index in [2.05, 4.69) is 40.0 Å². The van der Waals surface area contributed by atoms with Crippen LogP contribution in [0, 0.1) is 0 Å². The van der Waals surface area contributed by atoms with Gasteiger partial charge in [0.05, 0.1) is 13.2 Å². The third-order valence-electron chi connectivity index (χ3n) is 3.92. The van der Waals surface area contributed by atoms with Crippen LogP contribution in [-0.2, 0) is 10.1 Å². The smallest absolute Gasteiger partial charge is 0.251 e. The van der Waals surface area contributed by atoms with Crippen LogP contribution in [0.25, 0.3) is 0 Å². The molecule has 21 heavy (non-hydrogen) atoms. The second-order valence-electron chi connectivity index (χ2n) is 5.93. The van der Waals surface area contributed by atoms with Crippen molar-refractivity contribution in [2.45, 2.75) is 24.7 Å². The van der Waals surface area contributed by atoms with Crippen molar-refractivity contribution in [2.24, 2.45) is 0 Å². The molecule has 1 heterocycles. The molecule has 5 heteroatoms. The largest absolute Gasteiger partial charge is 0.379 e. The molecule has 2 rings (SSSR count). The summed E-state index contributed by atoms with van der Waals surface area (Å²) in [6.07, 6.45) is 0. The van der Waals surface area contributed by atoms with E-state index in [0.29, 0.717) is 12.1 Å². The Morgan fingerprint density at radius 1 is 1.29 bits per heavy atom. The van der Waals surface area contributed by atoms with Gasteiger partial charge >= 0.3 is 0 Å². The first-order chi connectivity index (χ1) is 10.0. The van der Waals surface area contributed by atoms with E-state index in [1.54, 1.807) is 0 Å². The summed E-state index contributed by atoms with van der Waals surface area (Å²) < 4.78 is 5.38. The summed E-state index contributed by atoms with van der Waals surface area (Å²) in [5, 5.41) is 3.85. The van der Waals surface area contributed by atoms with E-state index in [1.165, 1.54) is 5.56 Å². The zero-order valence-electron chi connectivity index (χ0n) is 12.7. The highest BCUT2D eigenvalue weighted by molar-refractivity contribution is 9.08. The van der Waals surface area contributed by atoms with Gasteiger partial charge in [0.15, 0.2) is 0 Å². The van der Waals surface area contributed by atoms with Gasteiger partial charge in [0, 0.05) is 36.1 Å². The number of alkyl halides is 1. The van der Waals surface area contributed by atoms with Crippen molar-refractivity contribution in [3.8, 4) is 0 Å². The van der Waals surface area contributed by atoms with Gasteiger partial charge in [-0.1, -0.05) is 28.1 Å². The Hall–Kier alpha value is -0.910. The summed E-state index contributed by atoms with van der Waals surface area (Å²) in [6.45, 7) is 8.33. The minimum Gasteiger partial charge on any atom is -0.379 e. The number of rotatable bonds is 5. The van der Waals surface area contributed by atoms with Crippen LogP contribution in [-0.4, -0.2) is 49.2 Å². The van der Waals surface area contributed by atoms with E-state index in [4.69, 9.17) is 4.74 Å². The first-order valence-corrected chi connectivity index (χ1v) is 8.41. The molecule has 1 N–H and O–H groups in total. The highest BCUT2D eigenvalue weighted by atomic mass is 79.9. The zero-order valence-corrected chi connectivity index (χ0v) is 14.3.